The van der Waals surface area contributed by atoms with E-state index < -0.39 is 0 Å². The Morgan fingerprint density at radius 2 is 0.714 bits per heavy atom. The first-order chi connectivity index (χ1) is 27.2. The Balaban J connectivity index is 0.000000231. The predicted molar refractivity (Wildman–Crippen MR) is 259 cm³/mol. The molecule has 14 saturated carbocycles. The molecule has 5 atom stereocenters. The maximum absolute atomic E-state index is 3.00. The summed E-state index contributed by atoms with van der Waals surface area (Å²) in [5, 5.41) is 0. The van der Waals surface area contributed by atoms with E-state index in [9.17, 15) is 0 Å². The van der Waals surface area contributed by atoms with Crippen molar-refractivity contribution in [1.29, 1.82) is 0 Å². The molecule has 0 N–H and O–H groups in total. The van der Waals surface area contributed by atoms with Crippen LogP contribution in [0.1, 0.15) is 188 Å². The van der Waals surface area contributed by atoms with Gasteiger partial charge in [-0.05, 0) is 216 Å². The van der Waals surface area contributed by atoms with Crippen LogP contribution in [0.15, 0.2) is 65.8 Å². The Morgan fingerprint density at radius 3 is 0.964 bits per heavy atom. The molecule has 5 unspecified atom stereocenters. The first-order valence-electron chi connectivity index (χ1n) is 24.4. The predicted octanol–water partition coefficient (Wildman–Crippen LogP) is 17.8. The van der Waals surface area contributed by atoms with Crippen LogP contribution in [-0.2, 0) is 0 Å². The number of hydrogen-bond acceptors (Lipinski definition) is 0. The van der Waals surface area contributed by atoms with E-state index in [1.807, 2.05) is 0 Å². The summed E-state index contributed by atoms with van der Waals surface area (Å²) >= 11 is 0. The van der Waals surface area contributed by atoms with Crippen molar-refractivity contribution in [2.45, 2.75) is 194 Å². The molecule has 0 aromatic carbocycles. The monoisotopic (exact) mass is 791 g/mol. The Morgan fingerprint density at radius 1 is 0.357 bits per heavy atom. The summed E-state index contributed by atoms with van der Waals surface area (Å²) in [6.45, 7) is 39.9. The molecular weight excluding hydrogens is 692 g/mol. The third kappa shape index (κ3) is 15.3. The lowest BCUT2D eigenvalue weighted by Gasteiger charge is -2.55. The number of fused-ring (bicyclic) bond motifs is 5. The topological polar surface area (TPSA) is 0 Å². The fourth-order valence-corrected chi connectivity index (χ4v) is 15.6. The van der Waals surface area contributed by atoms with Crippen LogP contribution in [0, 0.1) is 88.3 Å². The summed E-state index contributed by atoms with van der Waals surface area (Å²) in [4.78, 5) is 0. The zero-order valence-electron chi connectivity index (χ0n) is 38.5. The molecule has 14 aliphatic rings. The second kappa shape index (κ2) is 27.1. The lowest BCUT2D eigenvalue weighted by molar-refractivity contribution is -0.0411. The normalized spacial score (nSPS) is 42.7. The van der Waals surface area contributed by atoms with Gasteiger partial charge in [-0.3, -0.25) is 0 Å². The molecule has 12 bridgehead atoms. The molecule has 0 saturated heterocycles. The molecule has 0 radical (unpaired) electrons. The van der Waals surface area contributed by atoms with Gasteiger partial charge in [0.2, 0.25) is 0 Å². The molecular formula is C55H99P. The van der Waals surface area contributed by atoms with Crippen LogP contribution >= 0.6 is 9.24 Å². The molecule has 56 heavy (non-hydrogen) atoms. The molecule has 14 rings (SSSR count). The number of rotatable bonds is 0. The summed E-state index contributed by atoms with van der Waals surface area (Å²) in [5.74, 6) is 15.8. The van der Waals surface area contributed by atoms with Crippen molar-refractivity contribution >= 4 is 9.24 Å². The van der Waals surface area contributed by atoms with Gasteiger partial charge in [-0.2, -0.15) is 0 Å². The molecule has 0 aliphatic heterocycles. The summed E-state index contributed by atoms with van der Waals surface area (Å²) in [6.07, 6.45) is 38.7. The Hall–Kier alpha value is -0.870. The van der Waals surface area contributed by atoms with E-state index in [1.54, 1.807) is 128 Å². The number of hydrogen-bond donors (Lipinski definition) is 0. The van der Waals surface area contributed by atoms with Crippen LogP contribution in [0.2, 0.25) is 0 Å². The van der Waals surface area contributed by atoms with Gasteiger partial charge >= 0.3 is 0 Å². The second-order valence-electron chi connectivity index (χ2n) is 21.1. The van der Waals surface area contributed by atoms with Crippen molar-refractivity contribution in [3.05, 3.63) is 65.8 Å². The fourth-order valence-electron chi connectivity index (χ4n) is 15.1. The maximum atomic E-state index is 3.00. The minimum Gasteiger partial charge on any atom is -0.134 e. The second-order valence-corrected chi connectivity index (χ2v) is 22.0. The van der Waals surface area contributed by atoms with Crippen molar-refractivity contribution < 1.29 is 0 Å². The Kier molecular flexibility index (Phi) is 24.8. The van der Waals surface area contributed by atoms with Gasteiger partial charge in [0.25, 0.3) is 0 Å². The van der Waals surface area contributed by atoms with Crippen molar-refractivity contribution in [2.75, 3.05) is 0 Å². The van der Waals surface area contributed by atoms with E-state index in [2.05, 4.69) is 103 Å². The van der Waals surface area contributed by atoms with Gasteiger partial charge in [-0.25, -0.2) is 0 Å². The Labute approximate surface area is 355 Å². The SMILES string of the molecule is C=C.C=C.C=C.C=C.C=C.CC12CC3CC(CC(C3)C1)C2.CC1C2CC3CC(C2)CC1C3.CC1CC2CCC1C2.CC1CC2CCC1CC2.PC1CCCCC1. The summed E-state index contributed by atoms with van der Waals surface area (Å²) in [6, 6.07) is 0. The average Bonchev–Trinajstić information content (AvgIpc) is 3.84. The standard InChI is InChI=1S/2C11H18.C9H16.C8H14.C6H13P.5C2H4/c1-11-5-8-2-9(6-11)4-10(3-8)7-11;1-7-10-3-8-2-9(5-10)6-11(7)4-8;1-7-6-8-2-4-9(7)5-3-8;1-6-4-7-2-3-8(6)5-7;7-6-4-2-1-3-5-6;5*1-2/h8-10H,2-7H2,1H3;7-11H,2-6H2,1H3;7-9H,2-6H2,1H3;6-8H,2-5H2,1H3;6H,1-5,7H2;5*1-2H2. The highest BCUT2D eigenvalue weighted by molar-refractivity contribution is 7.17. The van der Waals surface area contributed by atoms with Gasteiger partial charge < -0.3 is 0 Å². The van der Waals surface area contributed by atoms with Crippen LogP contribution in [0.5, 0.6) is 0 Å². The minimum absolute atomic E-state index is 0.800. The van der Waals surface area contributed by atoms with Crippen LogP contribution < -0.4 is 0 Å². The van der Waals surface area contributed by atoms with E-state index in [0.29, 0.717) is 0 Å². The molecule has 0 aromatic heterocycles. The molecule has 1 heteroatoms. The van der Waals surface area contributed by atoms with Crippen LogP contribution in [-0.4, -0.2) is 5.66 Å². The van der Waals surface area contributed by atoms with E-state index >= 15 is 0 Å². The first-order valence-corrected chi connectivity index (χ1v) is 25.1. The van der Waals surface area contributed by atoms with Crippen molar-refractivity contribution in [3.8, 4) is 0 Å². The van der Waals surface area contributed by atoms with E-state index in [0.717, 1.165) is 93.9 Å². The Bertz CT molecular complexity index is 937. The van der Waals surface area contributed by atoms with E-state index in [1.165, 1.54) is 32.1 Å². The van der Waals surface area contributed by atoms with Crippen molar-refractivity contribution in [1.82, 2.24) is 0 Å². The third-order valence-corrected chi connectivity index (χ3v) is 17.9. The molecule has 0 aromatic rings. The van der Waals surface area contributed by atoms with Crippen molar-refractivity contribution in [3.63, 3.8) is 0 Å². The lowest BCUT2D eigenvalue weighted by atomic mass is 9.50. The molecule has 324 valence electrons. The van der Waals surface area contributed by atoms with E-state index in [4.69, 9.17) is 0 Å². The molecule has 0 spiro atoms. The van der Waals surface area contributed by atoms with Gasteiger partial charge in [-0.1, -0.05) is 66.2 Å². The lowest BCUT2D eigenvalue weighted by Crippen LogP contribution is -2.44. The van der Waals surface area contributed by atoms with Crippen LogP contribution in [0.25, 0.3) is 0 Å². The zero-order valence-corrected chi connectivity index (χ0v) is 39.6. The molecule has 0 nitrogen and oxygen atoms in total. The zero-order chi connectivity index (χ0) is 41.8. The highest BCUT2D eigenvalue weighted by Gasteiger charge is 2.48. The third-order valence-electron chi connectivity index (χ3n) is 17.2. The highest BCUT2D eigenvalue weighted by Crippen LogP contribution is 2.60. The van der Waals surface area contributed by atoms with Gasteiger partial charge in [-0.15, -0.1) is 75.0 Å². The summed E-state index contributed by atoms with van der Waals surface area (Å²) in [5.41, 5.74) is 1.75. The molecule has 0 heterocycles. The molecule has 0 amide bonds. The first kappa shape index (κ1) is 51.3. The highest BCUT2D eigenvalue weighted by atomic mass is 31.0. The maximum Gasteiger partial charge on any atom is -0.0264 e. The average molecular weight is 791 g/mol. The van der Waals surface area contributed by atoms with Crippen molar-refractivity contribution in [2.24, 2.45) is 88.3 Å². The van der Waals surface area contributed by atoms with Crippen LogP contribution in [0.4, 0.5) is 0 Å². The summed E-state index contributed by atoms with van der Waals surface area (Å²) in [7, 11) is 2.91. The molecule has 14 fully saturated rings. The molecule has 14 aliphatic carbocycles. The minimum atomic E-state index is 0.800. The van der Waals surface area contributed by atoms with Crippen LogP contribution in [0.3, 0.4) is 0 Å². The van der Waals surface area contributed by atoms with Gasteiger partial charge in [0.15, 0.2) is 0 Å². The summed E-state index contributed by atoms with van der Waals surface area (Å²) < 4.78 is 0. The van der Waals surface area contributed by atoms with Gasteiger partial charge in [0.1, 0.15) is 0 Å². The van der Waals surface area contributed by atoms with Gasteiger partial charge in [0.05, 0.1) is 0 Å². The smallest absolute Gasteiger partial charge is 0.0264 e. The quantitative estimate of drug-likeness (QED) is 0.169. The fraction of sp³-hybridized carbons (Fsp3) is 0.818. The van der Waals surface area contributed by atoms with Gasteiger partial charge in [0, 0.05) is 0 Å². The largest absolute Gasteiger partial charge is 0.134 e. The van der Waals surface area contributed by atoms with E-state index in [-0.39, 0.29) is 0 Å².